The summed E-state index contributed by atoms with van der Waals surface area (Å²) >= 11 is 0. The first-order valence-corrected chi connectivity index (χ1v) is 6.79. The Bertz CT molecular complexity index is 262. The van der Waals surface area contributed by atoms with Gasteiger partial charge in [0, 0.05) is 5.92 Å². The van der Waals surface area contributed by atoms with Gasteiger partial charge in [-0.05, 0) is 18.3 Å². The fourth-order valence-electron chi connectivity index (χ4n) is 3.25. The van der Waals surface area contributed by atoms with Crippen LogP contribution in [0, 0.1) is 17.8 Å². The van der Waals surface area contributed by atoms with E-state index in [1.54, 1.807) is 0 Å². The molecule has 0 spiro atoms. The smallest absolute Gasteiger partial charge is 0.338 e. The molecule has 3 nitrogen and oxygen atoms in total. The molecule has 17 heavy (non-hydrogen) atoms. The maximum atomic E-state index is 12.0. The number of carbonyl (C=O) groups is 1. The molecule has 3 unspecified atom stereocenters. The van der Waals surface area contributed by atoms with Gasteiger partial charge in [-0.15, -0.1) is 0 Å². The molecule has 3 heteroatoms. The van der Waals surface area contributed by atoms with Crippen LogP contribution in [0.4, 0.5) is 0 Å². The van der Waals surface area contributed by atoms with Crippen LogP contribution in [-0.4, -0.2) is 23.8 Å². The second kappa shape index (κ2) is 5.85. The third kappa shape index (κ3) is 2.65. The van der Waals surface area contributed by atoms with Crippen LogP contribution in [0.25, 0.3) is 0 Å². The Balaban J connectivity index is 2.99. The lowest BCUT2D eigenvalue weighted by Gasteiger charge is -2.43. The zero-order valence-electron chi connectivity index (χ0n) is 11.5. The van der Waals surface area contributed by atoms with Gasteiger partial charge in [-0.25, -0.2) is 4.79 Å². The van der Waals surface area contributed by atoms with E-state index in [4.69, 9.17) is 4.74 Å². The maximum absolute atomic E-state index is 12.0. The molecule has 0 aromatic carbocycles. The van der Waals surface area contributed by atoms with Crippen LogP contribution in [0.2, 0.25) is 0 Å². The standard InChI is InChI=1S/C14H26O3/c1-5-11-8-6-7-9-12(11)14(16,10(2)3)13(15)17-4/h10-12,16H,5-9H2,1-4H3. The van der Waals surface area contributed by atoms with E-state index in [0.29, 0.717) is 5.92 Å². The number of methoxy groups -OCH3 is 1. The first-order chi connectivity index (χ1) is 7.98. The van der Waals surface area contributed by atoms with Crippen LogP contribution in [0.5, 0.6) is 0 Å². The number of hydrogen-bond donors (Lipinski definition) is 1. The zero-order valence-corrected chi connectivity index (χ0v) is 11.5. The predicted molar refractivity (Wildman–Crippen MR) is 67.5 cm³/mol. The molecule has 0 aromatic rings. The van der Waals surface area contributed by atoms with Gasteiger partial charge in [0.1, 0.15) is 0 Å². The second-order valence-electron chi connectivity index (χ2n) is 5.53. The Morgan fingerprint density at radius 3 is 2.47 bits per heavy atom. The summed E-state index contributed by atoms with van der Waals surface area (Å²) in [6.07, 6.45) is 5.39. The van der Waals surface area contributed by atoms with E-state index in [1.807, 2.05) is 13.8 Å². The van der Waals surface area contributed by atoms with Gasteiger partial charge in [-0.1, -0.05) is 46.5 Å². The second-order valence-corrected chi connectivity index (χ2v) is 5.53. The minimum atomic E-state index is -1.31. The first kappa shape index (κ1) is 14.5. The highest BCUT2D eigenvalue weighted by molar-refractivity contribution is 5.80. The van der Waals surface area contributed by atoms with Crippen molar-refractivity contribution in [3.05, 3.63) is 0 Å². The molecule has 1 aliphatic rings. The highest BCUT2D eigenvalue weighted by atomic mass is 16.5. The summed E-state index contributed by atoms with van der Waals surface area (Å²) in [7, 11) is 1.36. The van der Waals surface area contributed by atoms with Crippen molar-refractivity contribution in [2.75, 3.05) is 7.11 Å². The number of carbonyl (C=O) groups excluding carboxylic acids is 1. The lowest BCUT2D eigenvalue weighted by Crippen LogP contribution is -2.54. The topological polar surface area (TPSA) is 46.5 Å². The lowest BCUT2D eigenvalue weighted by molar-refractivity contribution is -0.181. The van der Waals surface area contributed by atoms with Crippen LogP contribution in [0.15, 0.2) is 0 Å². The van der Waals surface area contributed by atoms with E-state index in [1.165, 1.54) is 13.5 Å². The predicted octanol–water partition coefficient (Wildman–Crippen LogP) is 2.76. The normalized spacial score (nSPS) is 28.8. The molecule has 0 amide bonds. The quantitative estimate of drug-likeness (QED) is 0.771. The van der Waals surface area contributed by atoms with Crippen molar-refractivity contribution >= 4 is 5.97 Å². The SMILES string of the molecule is CCC1CCCCC1C(O)(C(=O)OC)C(C)C. The third-order valence-corrected chi connectivity index (χ3v) is 4.39. The Morgan fingerprint density at radius 1 is 1.41 bits per heavy atom. The van der Waals surface area contributed by atoms with E-state index in [0.717, 1.165) is 25.7 Å². The van der Waals surface area contributed by atoms with Crippen LogP contribution >= 0.6 is 0 Å². The van der Waals surface area contributed by atoms with Gasteiger partial charge in [0.2, 0.25) is 0 Å². The summed E-state index contributed by atoms with van der Waals surface area (Å²) < 4.78 is 4.83. The number of aliphatic hydroxyl groups is 1. The zero-order chi connectivity index (χ0) is 13.1. The van der Waals surface area contributed by atoms with E-state index in [9.17, 15) is 9.90 Å². The lowest BCUT2D eigenvalue weighted by atomic mass is 9.65. The van der Waals surface area contributed by atoms with Crippen LogP contribution in [0.1, 0.15) is 52.9 Å². The van der Waals surface area contributed by atoms with Crippen LogP contribution in [0.3, 0.4) is 0 Å². The van der Waals surface area contributed by atoms with Gasteiger partial charge in [0.05, 0.1) is 7.11 Å². The Hall–Kier alpha value is -0.570. The average Bonchev–Trinajstić information content (AvgIpc) is 2.36. The minimum Gasteiger partial charge on any atom is -0.467 e. The van der Waals surface area contributed by atoms with Gasteiger partial charge < -0.3 is 9.84 Å². The first-order valence-electron chi connectivity index (χ1n) is 6.79. The number of esters is 1. The molecule has 1 aliphatic carbocycles. The summed E-state index contributed by atoms with van der Waals surface area (Å²) in [4.78, 5) is 12.0. The molecule has 0 saturated heterocycles. The Kier molecular flexibility index (Phi) is 4.99. The fraction of sp³-hybridized carbons (Fsp3) is 0.929. The van der Waals surface area contributed by atoms with Crippen LogP contribution in [-0.2, 0) is 9.53 Å². The van der Waals surface area contributed by atoms with Crippen molar-refractivity contribution in [3.8, 4) is 0 Å². The molecular weight excluding hydrogens is 216 g/mol. The maximum Gasteiger partial charge on any atom is 0.338 e. The number of rotatable bonds is 4. The number of ether oxygens (including phenoxy) is 1. The van der Waals surface area contributed by atoms with E-state index >= 15 is 0 Å². The van der Waals surface area contributed by atoms with Crippen molar-refractivity contribution in [1.82, 2.24) is 0 Å². The van der Waals surface area contributed by atoms with E-state index in [-0.39, 0.29) is 11.8 Å². The van der Waals surface area contributed by atoms with Crippen LogP contribution < -0.4 is 0 Å². The van der Waals surface area contributed by atoms with Crippen molar-refractivity contribution in [2.24, 2.45) is 17.8 Å². The van der Waals surface area contributed by atoms with E-state index < -0.39 is 11.6 Å². The Labute approximate surface area is 105 Å². The van der Waals surface area contributed by atoms with Crippen molar-refractivity contribution < 1.29 is 14.6 Å². The molecule has 1 saturated carbocycles. The molecule has 1 N–H and O–H groups in total. The molecule has 1 rings (SSSR count). The van der Waals surface area contributed by atoms with Gasteiger partial charge in [-0.2, -0.15) is 0 Å². The molecule has 100 valence electrons. The van der Waals surface area contributed by atoms with Gasteiger partial charge in [0.25, 0.3) is 0 Å². The molecular formula is C14H26O3. The monoisotopic (exact) mass is 242 g/mol. The van der Waals surface area contributed by atoms with Gasteiger partial charge in [-0.3, -0.25) is 0 Å². The molecule has 1 fully saturated rings. The third-order valence-electron chi connectivity index (χ3n) is 4.39. The van der Waals surface area contributed by atoms with E-state index in [2.05, 4.69) is 6.92 Å². The number of hydrogen-bond acceptors (Lipinski definition) is 3. The van der Waals surface area contributed by atoms with Crippen molar-refractivity contribution in [2.45, 2.75) is 58.5 Å². The van der Waals surface area contributed by atoms with Crippen molar-refractivity contribution in [1.29, 1.82) is 0 Å². The Morgan fingerprint density at radius 2 is 2.00 bits per heavy atom. The summed E-state index contributed by atoms with van der Waals surface area (Å²) in [5.74, 6) is -0.0751. The largest absolute Gasteiger partial charge is 0.467 e. The average molecular weight is 242 g/mol. The summed E-state index contributed by atoms with van der Waals surface area (Å²) in [6, 6.07) is 0. The summed E-state index contributed by atoms with van der Waals surface area (Å²) in [5.41, 5.74) is -1.31. The van der Waals surface area contributed by atoms with Gasteiger partial charge in [0.15, 0.2) is 5.60 Å². The summed E-state index contributed by atoms with van der Waals surface area (Å²) in [5, 5.41) is 10.8. The molecule has 0 heterocycles. The van der Waals surface area contributed by atoms with Crippen molar-refractivity contribution in [3.63, 3.8) is 0 Å². The minimum absolute atomic E-state index is 0.0497. The van der Waals surface area contributed by atoms with Gasteiger partial charge >= 0.3 is 5.97 Å². The highest BCUT2D eigenvalue weighted by Crippen LogP contribution is 2.42. The molecule has 0 aromatic heterocycles. The molecule has 0 radical (unpaired) electrons. The summed E-state index contributed by atoms with van der Waals surface area (Å²) in [6.45, 7) is 5.94. The highest BCUT2D eigenvalue weighted by Gasteiger charge is 2.50. The molecule has 0 bridgehead atoms. The molecule has 0 aliphatic heterocycles. The fourth-order valence-corrected chi connectivity index (χ4v) is 3.25. The molecule has 3 atom stereocenters.